The first-order valence-electron chi connectivity index (χ1n) is 9.15. The van der Waals surface area contributed by atoms with Crippen LogP contribution in [0.25, 0.3) is 10.6 Å². The third kappa shape index (κ3) is 2.20. The first-order chi connectivity index (χ1) is 11.3. The van der Waals surface area contributed by atoms with Crippen LogP contribution in [0.2, 0.25) is 0 Å². The number of rotatable bonds is 3. The maximum Gasteiger partial charge on any atom is 0.125 e. The molecule has 0 aliphatic heterocycles. The third-order valence-electron chi connectivity index (χ3n) is 6.61. The zero-order valence-corrected chi connectivity index (χ0v) is 14.6. The van der Waals surface area contributed by atoms with Gasteiger partial charge in [0.15, 0.2) is 0 Å². The van der Waals surface area contributed by atoms with Gasteiger partial charge in [0.25, 0.3) is 0 Å². The molecule has 2 heterocycles. The molecular weight excluding hydrogens is 300 g/mol. The molecule has 0 N–H and O–H groups in total. The molecule has 4 bridgehead atoms. The lowest BCUT2D eigenvalue weighted by atomic mass is 9.49. The summed E-state index contributed by atoms with van der Waals surface area (Å²) >= 11 is 1.83. The van der Waals surface area contributed by atoms with Gasteiger partial charge in [-0.3, -0.25) is 4.98 Å². The molecule has 3 heteroatoms. The quantitative estimate of drug-likeness (QED) is 0.772. The number of nitrogens with zero attached hydrogens (tertiary/aromatic N) is 2. The monoisotopic (exact) mass is 324 g/mol. The van der Waals surface area contributed by atoms with Gasteiger partial charge in [0, 0.05) is 28.8 Å². The molecule has 2 aromatic rings. The zero-order chi connectivity index (χ0) is 15.4. The molecule has 0 amide bonds. The SMILES string of the molecule is CCc1ccncc1-c1nc(C23CC4CC(CC(C4)C2)C3)cs1. The molecule has 4 fully saturated rings. The second-order valence-corrected chi connectivity index (χ2v) is 8.98. The smallest absolute Gasteiger partial charge is 0.125 e. The van der Waals surface area contributed by atoms with Crippen LogP contribution in [0.15, 0.2) is 23.8 Å². The predicted molar refractivity (Wildman–Crippen MR) is 94.6 cm³/mol. The van der Waals surface area contributed by atoms with Gasteiger partial charge in [0.1, 0.15) is 5.01 Å². The maximum absolute atomic E-state index is 5.16. The zero-order valence-electron chi connectivity index (χ0n) is 13.8. The molecular formula is C20H24N2S. The lowest BCUT2D eigenvalue weighted by molar-refractivity contribution is -0.00689. The van der Waals surface area contributed by atoms with Gasteiger partial charge in [0.05, 0.1) is 5.69 Å². The van der Waals surface area contributed by atoms with Gasteiger partial charge in [0.2, 0.25) is 0 Å². The summed E-state index contributed by atoms with van der Waals surface area (Å²) in [6, 6.07) is 2.14. The van der Waals surface area contributed by atoms with Crippen LogP contribution in [0, 0.1) is 17.8 Å². The summed E-state index contributed by atoms with van der Waals surface area (Å²) in [5.41, 5.74) is 4.43. The highest BCUT2D eigenvalue weighted by Crippen LogP contribution is 2.60. The Hall–Kier alpha value is -1.22. The van der Waals surface area contributed by atoms with Crippen molar-refractivity contribution in [2.75, 3.05) is 0 Å². The van der Waals surface area contributed by atoms with Crippen LogP contribution >= 0.6 is 11.3 Å². The normalized spacial score (nSPS) is 34.9. The molecule has 0 aromatic carbocycles. The first-order valence-corrected chi connectivity index (χ1v) is 10.0. The molecule has 0 saturated heterocycles. The summed E-state index contributed by atoms with van der Waals surface area (Å²) < 4.78 is 0. The molecule has 23 heavy (non-hydrogen) atoms. The van der Waals surface area contributed by atoms with Crippen molar-refractivity contribution in [1.29, 1.82) is 0 Å². The first kappa shape index (κ1) is 14.2. The molecule has 2 nitrogen and oxygen atoms in total. The Morgan fingerprint density at radius 2 is 1.83 bits per heavy atom. The maximum atomic E-state index is 5.16. The minimum atomic E-state index is 0.415. The van der Waals surface area contributed by atoms with E-state index < -0.39 is 0 Å². The molecule has 4 aliphatic carbocycles. The van der Waals surface area contributed by atoms with E-state index in [1.807, 2.05) is 23.7 Å². The molecule has 0 unspecified atom stereocenters. The van der Waals surface area contributed by atoms with E-state index in [-0.39, 0.29) is 0 Å². The Bertz CT molecular complexity index is 697. The van der Waals surface area contributed by atoms with Crippen LogP contribution in [0.5, 0.6) is 0 Å². The topological polar surface area (TPSA) is 25.8 Å². The standard InChI is InChI=1S/C20H24N2S/c1-2-16-3-4-21-11-17(16)19-22-18(12-23-19)20-8-13-5-14(9-20)7-15(6-13)10-20/h3-4,11-15H,2,5-10H2,1H3. The van der Waals surface area contributed by atoms with Crippen molar-refractivity contribution in [3.8, 4) is 10.6 Å². The van der Waals surface area contributed by atoms with Gasteiger partial charge in [-0.15, -0.1) is 11.3 Å². The number of hydrogen-bond acceptors (Lipinski definition) is 3. The lowest BCUT2D eigenvalue weighted by Gasteiger charge is -2.56. The summed E-state index contributed by atoms with van der Waals surface area (Å²) in [6.07, 6.45) is 13.6. The fourth-order valence-electron chi connectivity index (χ4n) is 5.99. The summed E-state index contributed by atoms with van der Waals surface area (Å²) in [4.78, 5) is 9.50. The summed E-state index contributed by atoms with van der Waals surface area (Å²) in [5, 5.41) is 3.55. The lowest BCUT2D eigenvalue weighted by Crippen LogP contribution is -2.48. The van der Waals surface area contributed by atoms with Crippen molar-refractivity contribution >= 4 is 11.3 Å². The van der Waals surface area contributed by atoms with E-state index in [1.54, 1.807) is 0 Å². The van der Waals surface area contributed by atoms with Crippen LogP contribution in [0.4, 0.5) is 0 Å². The Balaban J connectivity index is 1.52. The van der Waals surface area contributed by atoms with Gasteiger partial charge in [-0.05, 0) is 74.3 Å². The number of aromatic nitrogens is 2. The van der Waals surface area contributed by atoms with Gasteiger partial charge in [-0.25, -0.2) is 4.98 Å². The van der Waals surface area contributed by atoms with Crippen molar-refractivity contribution in [2.45, 2.75) is 57.3 Å². The van der Waals surface area contributed by atoms with Crippen molar-refractivity contribution in [3.63, 3.8) is 0 Å². The largest absolute Gasteiger partial charge is 0.264 e. The van der Waals surface area contributed by atoms with Crippen molar-refractivity contribution in [2.24, 2.45) is 17.8 Å². The van der Waals surface area contributed by atoms with Crippen LogP contribution in [-0.2, 0) is 11.8 Å². The van der Waals surface area contributed by atoms with Crippen molar-refractivity contribution in [3.05, 3.63) is 35.1 Å². The highest BCUT2D eigenvalue weighted by atomic mass is 32.1. The van der Waals surface area contributed by atoms with Gasteiger partial charge in [-0.2, -0.15) is 0 Å². The fraction of sp³-hybridized carbons (Fsp3) is 0.600. The number of pyridine rings is 1. The Kier molecular flexibility index (Phi) is 3.16. The summed E-state index contributed by atoms with van der Waals surface area (Å²) in [6.45, 7) is 2.21. The molecule has 0 radical (unpaired) electrons. The molecule has 4 aliphatic rings. The van der Waals surface area contributed by atoms with Gasteiger partial charge < -0.3 is 0 Å². The van der Waals surface area contributed by atoms with E-state index in [4.69, 9.17) is 4.98 Å². The second kappa shape index (κ2) is 5.14. The molecule has 120 valence electrons. The second-order valence-electron chi connectivity index (χ2n) is 8.12. The number of aryl methyl sites for hydroxylation is 1. The van der Waals surface area contributed by atoms with Crippen LogP contribution in [0.3, 0.4) is 0 Å². The molecule has 2 aromatic heterocycles. The van der Waals surface area contributed by atoms with Crippen molar-refractivity contribution < 1.29 is 0 Å². The third-order valence-corrected chi connectivity index (χ3v) is 7.48. The van der Waals surface area contributed by atoms with E-state index in [0.29, 0.717) is 5.41 Å². The Morgan fingerprint density at radius 3 is 2.48 bits per heavy atom. The average Bonchev–Trinajstić information content (AvgIpc) is 3.04. The van der Waals surface area contributed by atoms with E-state index in [1.165, 1.54) is 60.4 Å². The molecule has 4 saturated carbocycles. The van der Waals surface area contributed by atoms with Gasteiger partial charge >= 0.3 is 0 Å². The Morgan fingerprint density at radius 1 is 1.13 bits per heavy atom. The highest BCUT2D eigenvalue weighted by molar-refractivity contribution is 7.13. The van der Waals surface area contributed by atoms with Crippen LogP contribution < -0.4 is 0 Å². The van der Waals surface area contributed by atoms with Gasteiger partial charge in [-0.1, -0.05) is 6.92 Å². The average molecular weight is 324 g/mol. The van der Waals surface area contributed by atoms with E-state index in [0.717, 1.165) is 24.2 Å². The molecule has 0 atom stereocenters. The number of hydrogen-bond donors (Lipinski definition) is 0. The van der Waals surface area contributed by atoms with E-state index in [9.17, 15) is 0 Å². The molecule has 6 rings (SSSR count). The van der Waals surface area contributed by atoms with Crippen LogP contribution in [0.1, 0.15) is 56.7 Å². The van der Waals surface area contributed by atoms with E-state index >= 15 is 0 Å². The molecule has 0 spiro atoms. The summed E-state index contributed by atoms with van der Waals surface area (Å²) in [7, 11) is 0. The minimum absolute atomic E-state index is 0.415. The fourth-order valence-corrected chi connectivity index (χ4v) is 6.98. The summed E-state index contributed by atoms with van der Waals surface area (Å²) in [5.74, 6) is 2.95. The van der Waals surface area contributed by atoms with E-state index in [2.05, 4.69) is 23.4 Å². The number of thiazole rings is 1. The predicted octanol–water partition coefficient (Wildman–Crippen LogP) is 5.24. The minimum Gasteiger partial charge on any atom is -0.264 e. The van der Waals surface area contributed by atoms with Crippen molar-refractivity contribution in [1.82, 2.24) is 9.97 Å². The Labute approximate surface area is 142 Å². The highest BCUT2D eigenvalue weighted by Gasteiger charge is 2.52. The van der Waals surface area contributed by atoms with Crippen LogP contribution in [-0.4, -0.2) is 9.97 Å².